The molecule has 0 radical (unpaired) electrons. The molecular formula is C39H42ClFN8O3S. The Morgan fingerprint density at radius 3 is 2.81 bits per heavy atom. The van der Waals surface area contributed by atoms with Gasteiger partial charge in [-0.25, -0.2) is 19.3 Å². The van der Waals surface area contributed by atoms with E-state index in [1.165, 1.54) is 23.2 Å². The molecule has 2 N–H and O–H groups in total. The minimum Gasteiger partial charge on any atom is -0.473 e. The van der Waals surface area contributed by atoms with Crippen LogP contribution in [0.15, 0.2) is 54.7 Å². The van der Waals surface area contributed by atoms with Crippen LogP contribution >= 0.6 is 23.4 Å². The second-order valence-electron chi connectivity index (χ2n) is 13.3. The summed E-state index contributed by atoms with van der Waals surface area (Å²) < 4.78 is 28.4. The number of ether oxygens (including phenoxy) is 2. The first-order valence-corrected chi connectivity index (χ1v) is 19.2. The molecule has 5 aromatic rings. The summed E-state index contributed by atoms with van der Waals surface area (Å²) in [7, 11) is 2.00. The highest BCUT2D eigenvalue weighted by atomic mass is 35.5. The lowest BCUT2D eigenvalue weighted by atomic mass is 10.0. The van der Waals surface area contributed by atoms with Gasteiger partial charge >= 0.3 is 0 Å². The summed E-state index contributed by atoms with van der Waals surface area (Å²) in [5, 5.41) is 13.6. The van der Waals surface area contributed by atoms with Crippen LogP contribution in [0.2, 0.25) is 5.02 Å². The number of hydrogen-bond donors (Lipinski definition) is 2. The van der Waals surface area contributed by atoms with Crippen LogP contribution in [-0.4, -0.2) is 84.9 Å². The lowest BCUT2D eigenvalue weighted by molar-refractivity contribution is -0.0882. The number of nitrogens with one attached hydrogen (secondary N) is 2. The lowest BCUT2D eigenvalue weighted by Crippen LogP contribution is -2.48. The molecule has 1 aromatic carbocycles. The fraction of sp³-hybridized carbons (Fsp3) is 0.359. The van der Waals surface area contributed by atoms with Crippen molar-refractivity contribution in [3.8, 4) is 5.88 Å². The normalized spacial score (nSPS) is 19.6. The zero-order valence-corrected chi connectivity index (χ0v) is 31.5. The molecule has 0 saturated carbocycles. The largest absolute Gasteiger partial charge is 0.473 e. The number of imidazole rings is 1. The smallest absolute Gasteiger partial charge is 0.214 e. The number of carbonyl (C=O) groups is 1. The van der Waals surface area contributed by atoms with Gasteiger partial charge in [-0.05, 0) is 69.0 Å². The summed E-state index contributed by atoms with van der Waals surface area (Å²) in [5.41, 5.74) is 4.68. The van der Waals surface area contributed by atoms with Gasteiger partial charge in [0.2, 0.25) is 5.88 Å². The highest BCUT2D eigenvalue weighted by Crippen LogP contribution is 2.38. The molecule has 1 aliphatic carbocycles. The Bertz CT molecular complexity index is 2260. The van der Waals surface area contributed by atoms with Crippen molar-refractivity contribution in [3.05, 3.63) is 105 Å². The molecule has 11 nitrogen and oxygen atoms in total. The number of aromatic amines is 1. The zero-order chi connectivity index (χ0) is 37.0. The van der Waals surface area contributed by atoms with Crippen LogP contribution in [0.4, 0.5) is 4.39 Å². The molecule has 3 aliphatic rings. The number of benzene rings is 1. The van der Waals surface area contributed by atoms with Crippen LogP contribution in [0, 0.1) is 12.7 Å². The van der Waals surface area contributed by atoms with E-state index in [-0.39, 0.29) is 17.4 Å². The third-order valence-corrected chi connectivity index (χ3v) is 11.3. The van der Waals surface area contributed by atoms with Crippen molar-refractivity contribution < 1.29 is 18.7 Å². The fourth-order valence-electron chi connectivity index (χ4n) is 6.64. The van der Waals surface area contributed by atoms with E-state index < -0.39 is 0 Å². The van der Waals surface area contributed by atoms with E-state index in [0.29, 0.717) is 33.7 Å². The minimum absolute atomic E-state index is 0.0929. The van der Waals surface area contributed by atoms with Crippen molar-refractivity contribution in [2.45, 2.75) is 56.9 Å². The average molecular weight is 757 g/mol. The molecule has 53 heavy (non-hydrogen) atoms. The number of rotatable bonds is 11. The number of nitrogens with zero attached hydrogens (tertiary/aromatic N) is 6. The number of aryl methyl sites for hydroxylation is 1. The molecule has 1 saturated heterocycles. The van der Waals surface area contributed by atoms with Gasteiger partial charge in [0.25, 0.3) is 0 Å². The van der Waals surface area contributed by atoms with Gasteiger partial charge in [0.1, 0.15) is 23.2 Å². The Morgan fingerprint density at radius 2 is 2.09 bits per heavy atom. The van der Waals surface area contributed by atoms with Gasteiger partial charge in [-0.15, -0.1) is 11.8 Å². The summed E-state index contributed by atoms with van der Waals surface area (Å²) in [6, 6.07) is 12.4. The monoisotopic (exact) mass is 756 g/mol. The second-order valence-corrected chi connectivity index (χ2v) is 14.9. The number of halogens is 2. The fourth-order valence-corrected chi connectivity index (χ4v) is 7.55. The van der Waals surface area contributed by atoms with E-state index in [0.717, 1.165) is 86.3 Å². The van der Waals surface area contributed by atoms with E-state index in [2.05, 4.69) is 54.4 Å². The van der Waals surface area contributed by atoms with Crippen LogP contribution in [0.25, 0.3) is 28.8 Å². The Labute approximate surface area is 316 Å². The molecule has 14 heteroatoms. The number of carbonyl (C=O) groups excluding carboxylic acids is 1. The molecule has 0 amide bonds. The molecule has 0 bridgehead atoms. The Hall–Kier alpha value is -4.40. The highest BCUT2D eigenvalue weighted by molar-refractivity contribution is 7.99. The Balaban J connectivity index is 0.000000306. The van der Waals surface area contributed by atoms with E-state index in [9.17, 15) is 9.18 Å². The third-order valence-electron chi connectivity index (χ3n) is 9.89. The first kappa shape index (κ1) is 36.9. The minimum atomic E-state index is -0.383. The van der Waals surface area contributed by atoms with Gasteiger partial charge < -0.3 is 19.4 Å². The summed E-state index contributed by atoms with van der Waals surface area (Å²) in [5.74, 6) is 1.18. The topological polar surface area (TPSA) is 123 Å². The number of aromatic nitrogens is 6. The standard InChI is InChI=1S/C31H35ClFN5O2S.C8H7N3O/c1-34-24-8-9-28-27(17-24)35-29(38(28)20-31(41-2)12-15-40-31)18-37-13-10-21(11-14-37)26-4-3-5-30(36-26)39-19-22-6-7-23(32)16-25(22)33;1-5-7-2-6(4-12)3-9-8(7)11-10-5/h3-7,9-10,16-17,24,34H,8,11-15,18-20H2,1-2H3;2-4H,1H3,(H,9,10,11). The molecule has 8 rings (SSSR count). The van der Waals surface area contributed by atoms with Crippen LogP contribution in [0.3, 0.4) is 0 Å². The molecular weight excluding hydrogens is 715 g/mol. The summed E-state index contributed by atoms with van der Waals surface area (Å²) in [4.78, 5) is 26.5. The van der Waals surface area contributed by atoms with Gasteiger partial charge in [0, 0.05) is 65.0 Å². The summed E-state index contributed by atoms with van der Waals surface area (Å²) >= 11 is 7.66. The quantitative estimate of drug-likeness (QED) is 0.177. The SMILES string of the molecule is CNC1C=c2nc(CN3CC=C(c4cccc(OCc5ccc(Cl)cc5F)n4)CC3)n(CC3(SC)CCO3)c2=CC1.Cc1[nH]nc2ncc(C=O)cc12. The summed E-state index contributed by atoms with van der Waals surface area (Å²) in [6.45, 7) is 6.11. The van der Waals surface area contributed by atoms with Crippen LogP contribution < -0.4 is 20.8 Å². The van der Waals surface area contributed by atoms with Crippen molar-refractivity contribution in [1.82, 2.24) is 39.9 Å². The molecule has 276 valence electrons. The number of thioether (sulfide) groups is 1. The maximum atomic E-state index is 14.1. The van der Waals surface area contributed by atoms with Gasteiger partial charge in [-0.1, -0.05) is 35.9 Å². The van der Waals surface area contributed by atoms with Crippen molar-refractivity contribution in [1.29, 1.82) is 0 Å². The van der Waals surface area contributed by atoms with Crippen LogP contribution in [0.5, 0.6) is 5.88 Å². The lowest BCUT2D eigenvalue weighted by Gasteiger charge is -2.41. The maximum absolute atomic E-state index is 14.1. The number of aldehydes is 1. The second kappa shape index (κ2) is 16.3. The van der Waals surface area contributed by atoms with Crippen molar-refractivity contribution in [2.75, 3.05) is 33.0 Å². The molecule has 2 unspecified atom stereocenters. The molecule has 4 aromatic heterocycles. The van der Waals surface area contributed by atoms with Crippen molar-refractivity contribution >= 4 is 58.4 Å². The number of H-pyrrole nitrogens is 1. The van der Waals surface area contributed by atoms with Crippen LogP contribution in [-0.2, 0) is 24.4 Å². The highest BCUT2D eigenvalue weighted by Gasteiger charge is 2.39. The third kappa shape index (κ3) is 8.39. The molecule has 2 atom stereocenters. The molecule has 0 spiro atoms. The molecule has 1 fully saturated rings. The van der Waals surface area contributed by atoms with E-state index in [4.69, 9.17) is 31.0 Å². The predicted octanol–water partition coefficient (Wildman–Crippen LogP) is 5.05. The molecule has 6 heterocycles. The number of fused-ring (bicyclic) bond motifs is 2. The van der Waals surface area contributed by atoms with Crippen molar-refractivity contribution in [2.24, 2.45) is 0 Å². The Morgan fingerprint density at radius 1 is 1.23 bits per heavy atom. The van der Waals surface area contributed by atoms with Crippen LogP contribution in [0.1, 0.15) is 52.4 Å². The molecule has 2 aliphatic heterocycles. The van der Waals surface area contributed by atoms with E-state index in [1.54, 1.807) is 36.0 Å². The van der Waals surface area contributed by atoms with E-state index in [1.807, 2.05) is 26.1 Å². The zero-order valence-electron chi connectivity index (χ0n) is 29.9. The van der Waals surface area contributed by atoms with Gasteiger partial charge in [0.15, 0.2) is 11.9 Å². The Kier molecular flexibility index (Phi) is 11.4. The summed E-state index contributed by atoms with van der Waals surface area (Å²) in [6.07, 6.45) is 14.1. The van der Waals surface area contributed by atoms with Gasteiger partial charge in [-0.2, -0.15) is 5.10 Å². The average Bonchev–Trinajstić information content (AvgIpc) is 3.71. The number of pyridine rings is 2. The maximum Gasteiger partial charge on any atom is 0.214 e. The van der Waals surface area contributed by atoms with Gasteiger partial charge in [-0.3, -0.25) is 14.8 Å². The van der Waals surface area contributed by atoms with E-state index >= 15 is 0 Å². The van der Waals surface area contributed by atoms with Crippen molar-refractivity contribution in [3.63, 3.8) is 0 Å². The number of hydrogen-bond acceptors (Lipinski definition) is 10. The van der Waals surface area contributed by atoms with Gasteiger partial charge in [0.05, 0.1) is 36.1 Å². The first-order valence-electron chi connectivity index (χ1n) is 17.6. The predicted molar refractivity (Wildman–Crippen MR) is 207 cm³/mol. The first-order chi connectivity index (χ1) is 25.8.